The summed E-state index contributed by atoms with van der Waals surface area (Å²) in [5.41, 5.74) is 4.67. The molecule has 2 aromatic carbocycles. The lowest BCUT2D eigenvalue weighted by molar-refractivity contribution is -0.118. The van der Waals surface area contributed by atoms with Crippen molar-refractivity contribution in [3.05, 3.63) is 80.9 Å². The zero-order valence-corrected chi connectivity index (χ0v) is 18.2. The number of hydrogen-bond donors (Lipinski definition) is 1. The molecule has 138 valence electrons. The van der Waals surface area contributed by atoms with Gasteiger partial charge in [-0.15, -0.1) is 11.8 Å². The summed E-state index contributed by atoms with van der Waals surface area (Å²) in [6.07, 6.45) is 1.50. The molecule has 0 aliphatic heterocycles. The van der Waals surface area contributed by atoms with E-state index in [-0.39, 0.29) is 5.91 Å². The van der Waals surface area contributed by atoms with Crippen LogP contribution in [-0.4, -0.2) is 17.9 Å². The Labute approximate surface area is 178 Å². The Morgan fingerprint density at radius 3 is 2.37 bits per heavy atom. The number of hydrogen-bond acceptors (Lipinski definition) is 4. The molecule has 1 amide bonds. The molecule has 4 nitrogen and oxygen atoms in total. The van der Waals surface area contributed by atoms with Crippen LogP contribution in [0.25, 0.3) is 11.3 Å². The standard InChI is InChI=1S/C20H16Br2N2O2S/c21-16-5-1-14(2-6-16)12-27-13-20(25)24-23-11-18-9-10-19(26-18)15-3-7-17(22)8-4-15/h1-11H,12-13H2,(H,24,25). The van der Waals surface area contributed by atoms with Gasteiger partial charge in [-0.05, 0) is 42.0 Å². The first kappa shape index (κ1) is 19.9. The molecule has 0 unspecified atom stereocenters. The van der Waals surface area contributed by atoms with Crippen molar-refractivity contribution in [3.63, 3.8) is 0 Å². The van der Waals surface area contributed by atoms with Crippen LogP contribution in [0.15, 0.2) is 79.1 Å². The average Bonchev–Trinajstić information content (AvgIpc) is 3.13. The molecule has 1 N–H and O–H groups in total. The fraction of sp³-hybridized carbons (Fsp3) is 0.100. The second kappa shape index (κ2) is 9.92. The normalized spacial score (nSPS) is 11.0. The van der Waals surface area contributed by atoms with Crippen LogP contribution in [-0.2, 0) is 10.5 Å². The Balaban J connectivity index is 1.44. The monoisotopic (exact) mass is 506 g/mol. The van der Waals surface area contributed by atoms with Crippen LogP contribution in [0.1, 0.15) is 11.3 Å². The average molecular weight is 508 g/mol. The summed E-state index contributed by atoms with van der Waals surface area (Å²) in [4.78, 5) is 11.8. The van der Waals surface area contributed by atoms with Gasteiger partial charge >= 0.3 is 0 Å². The maximum Gasteiger partial charge on any atom is 0.250 e. The minimum absolute atomic E-state index is 0.145. The molecule has 0 fully saturated rings. The van der Waals surface area contributed by atoms with E-state index in [4.69, 9.17) is 4.42 Å². The molecule has 0 aliphatic rings. The van der Waals surface area contributed by atoms with Crippen molar-refractivity contribution in [2.75, 3.05) is 5.75 Å². The predicted molar refractivity (Wildman–Crippen MR) is 118 cm³/mol. The number of thioether (sulfide) groups is 1. The number of nitrogens with zero attached hydrogens (tertiary/aromatic N) is 1. The van der Waals surface area contributed by atoms with Gasteiger partial charge < -0.3 is 4.42 Å². The summed E-state index contributed by atoms with van der Waals surface area (Å²) in [5.74, 6) is 2.30. The van der Waals surface area contributed by atoms with Gasteiger partial charge in [0.1, 0.15) is 11.5 Å². The van der Waals surface area contributed by atoms with Crippen molar-refractivity contribution in [3.8, 4) is 11.3 Å². The van der Waals surface area contributed by atoms with Crippen LogP contribution in [0.5, 0.6) is 0 Å². The lowest BCUT2D eigenvalue weighted by Crippen LogP contribution is -2.19. The van der Waals surface area contributed by atoms with Gasteiger partial charge in [-0.3, -0.25) is 4.79 Å². The lowest BCUT2D eigenvalue weighted by Gasteiger charge is -2.01. The lowest BCUT2D eigenvalue weighted by atomic mass is 10.2. The summed E-state index contributed by atoms with van der Waals surface area (Å²) in [6.45, 7) is 0. The first-order valence-corrected chi connectivity index (χ1v) is 10.8. The summed E-state index contributed by atoms with van der Waals surface area (Å²) >= 11 is 8.36. The maximum atomic E-state index is 11.8. The van der Waals surface area contributed by atoms with Crippen molar-refractivity contribution in [1.82, 2.24) is 5.43 Å². The van der Waals surface area contributed by atoms with Gasteiger partial charge in [-0.25, -0.2) is 5.43 Å². The van der Waals surface area contributed by atoms with Gasteiger partial charge in [-0.1, -0.05) is 56.1 Å². The van der Waals surface area contributed by atoms with Gasteiger partial charge in [0.15, 0.2) is 0 Å². The van der Waals surface area contributed by atoms with Crippen LogP contribution in [0.2, 0.25) is 0 Å². The molecule has 0 spiro atoms. The number of carbonyl (C=O) groups is 1. The van der Waals surface area contributed by atoms with E-state index in [1.54, 1.807) is 11.8 Å². The third-order valence-corrected chi connectivity index (χ3v) is 5.61. The smallest absolute Gasteiger partial charge is 0.250 e. The third kappa shape index (κ3) is 6.37. The largest absolute Gasteiger partial charge is 0.455 e. The summed E-state index contributed by atoms with van der Waals surface area (Å²) < 4.78 is 7.78. The van der Waals surface area contributed by atoms with E-state index in [0.717, 1.165) is 26.0 Å². The molecule has 0 radical (unpaired) electrons. The number of hydrazone groups is 1. The highest BCUT2D eigenvalue weighted by Gasteiger charge is 2.04. The number of benzene rings is 2. The number of carbonyl (C=O) groups excluding carboxylic acids is 1. The van der Waals surface area contributed by atoms with Crippen molar-refractivity contribution in [2.24, 2.45) is 5.10 Å². The van der Waals surface area contributed by atoms with E-state index in [1.807, 2.05) is 60.7 Å². The van der Waals surface area contributed by atoms with Gasteiger partial charge in [0, 0.05) is 20.3 Å². The maximum absolute atomic E-state index is 11.8. The molecule has 1 heterocycles. The molecule has 3 rings (SSSR count). The molecule has 0 atom stereocenters. The van der Waals surface area contributed by atoms with Crippen LogP contribution in [0, 0.1) is 0 Å². The molecule has 27 heavy (non-hydrogen) atoms. The Kier molecular flexibility index (Phi) is 7.32. The predicted octanol–water partition coefficient (Wildman–Crippen LogP) is 5.86. The zero-order valence-electron chi connectivity index (χ0n) is 14.2. The Morgan fingerprint density at radius 1 is 1.00 bits per heavy atom. The van der Waals surface area contributed by atoms with E-state index < -0.39 is 0 Å². The summed E-state index contributed by atoms with van der Waals surface area (Å²) in [7, 11) is 0. The van der Waals surface area contributed by atoms with Crippen LogP contribution in [0.4, 0.5) is 0 Å². The summed E-state index contributed by atoms with van der Waals surface area (Å²) in [5, 5.41) is 3.95. The molecule has 0 saturated heterocycles. The van der Waals surface area contributed by atoms with E-state index in [2.05, 4.69) is 42.4 Å². The number of nitrogens with one attached hydrogen (secondary N) is 1. The third-order valence-electron chi connectivity index (χ3n) is 3.55. The quantitative estimate of drug-likeness (QED) is 0.322. The highest BCUT2D eigenvalue weighted by Crippen LogP contribution is 2.23. The van der Waals surface area contributed by atoms with Crippen molar-refractivity contribution >= 4 is 55.7 Å². The van der Waals surface area contributed by atoms with Gasteiger partial charge in [0.2, 0.25) is 5.91 Å². The molecule has 0 bridgehead atoms. The molecule has 7 heteroatoms. The van der Waals surface area contributed by atoms with E-state index in [0.29, 0.717) is 11.5 Å². The van der Waals surface area contributed by atoms with Crippen molar-refractivity contribution in [1.29, 1.82) is 0 Å². The molecule has 1 aromatic heterocycles. The number of halogens is 2. The second-order valence-corrected chi connectivity index (χ2v) is 8.44. The van der Waals surface area contributed by atoms with Crippen LogP contribution >= 0.6 is 43.6 Å². The van der Waals surface area contributed by atoms with Crippen LogP contribution < -0.4 is 5.43 Å². The van der Waals surface area contributed by atoms with E-state index in [9.17, 15) is 4.79 Å². The highest BCUT2D eigenvalue weighted by molar-refractivity contribution is 9.10. The number of amides is 1. The van der Waals surface area contributed by atoms with Gasteiger partial charge in [0.25, 0.3) is 0 Å². The second-order valence-electron chi connectivity index (χ2n) is 5.62. The fourth-order valence-corrected chi connectivity index (χ4v) is 3.54. The van der Waals surface area contributed by atoms with E-state index in [1.165, 1.54) is 11.8 Å². The number of furan rings is 1. The minimum Gasteiger partial charge on any atom is -0.455 e. The molecular formula is C20H16Br2N2O2S. The topological polar surface area (TPSA) is 54.6 Å². The highest BCUT2D eigenvalue weighted by atomic mass is 79.9. The first-order chi connectivity index (χ1) is 13.1. The fourth-order valence-electron chi connectivity index (χ4n) is 2.23. The first-order valence-electron chi connectivity index (χ1n) is 8.10. The molecule has 3 aromatic rings. The number of rotatable bonds is 7. The Bertz CT molecular complexity index is 922. The zero-order chi connectivity index (χ0) is 19.1. The molecular weight excluding hydrogens is 492 g/mol. The van der Waals surface area contributed by atoms with Crippen molar-refractivity contribution < 1.29 is 9.21 Å². The van der Waals surface area contributed by atoms with Crippen LogP contribution in [0.3, 0.4) is 0 Å². The van der Waals surface area contributed by atoms with E-state index >= 15 is 0 Å². The van der Waals surface area contributed by atoms with Gasteiger partial charge in [0.05, 0.1) is 12.0 Å². The minimum atomic E-state index is -0.145. The van der Waals surface area contributed by atoms with Gasteiger partial charge in [-0.2, -0.15) is 5.10 Å². The molecule has 0 aliphatic carbocycles. The summed E-state index contributed by atoms with van der Waals surface area (Å²) in [6, 6.07) is 19.6. The molecule has 0 saturated carbocycles. The Morgan fingerprint density at radius 2 is 1.67 bits per heavy atom. The Hall–Kier alpha value is -1.83. The van der Waals surface area contributed by atoms with Crippen molar-refractivity contribution in [2.45, 2.75) is 5.75 Å². The SMILES string of the molecule is O=C(CSCc1ccc(Br)cc1)NN=Cc1ccc(-c2ccc(Br)cc2)o1.